The van der Waals surface area contributed by atoms with Crippen molar-refractivity contribution >= 4 is 27.7 Å². The lowest BCUT2D eigenvalue weighted by atomic mass is 10.0. The van der Waals surface area contributed by atoms with Crippen molar-refractivity contribution in [2.24, 2.45) is 11.2 Å². The molecular formula is C32H30F3N7O7S. The minimum atomic E-state index is -4.74. The summed E-state index contributed by atoms with van der Waals surface area (Å²) in [6, 6.07) is 17.0. The van der Waals surface area contributed by atoms with E-state index in [1.54, 1.807) is 50.2 Å². The van der Waals surface area contributed by atoms with Crippen molar-refractivity contribution in [2.75, 3.05) is 13.8 Å². The molecule has 50 heavy (non-hydrogen) atoms. The molecule has 3 aromatic carbocycles. The highest BCUT2D eigenvalue weighted by atomic mass is 32.2. The van der Waals surface area contributed by atoms with Gasteiger partial charge in [0.05, 0.1) is 39.4 Å². The number of halogens is 3. The number of sulfonamides is 1. The second-order valence-corrected chi connectivity index (χ2v) is 13.3. The first kappa shape index (κ1) is 35.5. The number of hydrazine groups is 1. The molecule has 0 bridgehead atoms. The molecule has 2 heterocycles. The van der Waals surface area contributed by atoms with Gasteiger partial charge in [0.15, 0.2) is 11.7 Å². The third-order valence-electron chi connectivity index (χ3n) is 7.74. The van der Waals surface area contributed by atoms with Crippen molar-refractivity contribution in [1.29, 1.82) is 0 Å². The largest absolute Gasteiger partial charge is 0.569 e. The van der Waals surface area contributed by atoms with Gasteiger partial charge in [0.1, 0.15) is 0 Å². The van der Waals surface area contributed by atoms with Crippen LogP contribution < -0.4 is 4.72 Å². The molecule has 1 aliphatic rings. The molecule has 0 saturated carbocycles. The maximum Gasteiger partial charge on any atom is 0.435 e. The summed E-state index contributed by atoms with van der Waals surface area (Å²) in [7, 11) is -3.40. The number of imide groups is 1. The fraction of sp³-hybridized carbons (Fsp3) is 0.250. The highest BCUT2D eigenvalue weighted by molar-refractivity contribution is 7.90. The van der Waals surface area contributed by atoms with Crippen LogP contribution in [0.1, 0.15) is 45.8 Å². The Morgan fingerprint density at radius 2 is 1.60 bits per heavy atom. The summed E-state index contributed by atoms with van der Waals surface area (Å²) in [5, 5.41) is 20.5. The Kier molecular flexibility index (Phi) is 9.67. The Balaban J connectivity index is 1.29. The zero-order valence-corrected chi connectivity index (χ0v) is 27.8. The van der Waals surface area contributed by atoms with Crippen LogP contribution >= 0.6 is 0 Å². The number of nitrogens with zero attached hydrogens (tertiary/aromatic N) is 6. The fourth-order valence-corrected chi connectivity index (χ4v) is 6.22. The molecule has 4 aromatic rings. The lowest BCUT2D eigenvalue weighted by Gasteiger charge is -2.25. The third-order valence-corrected chi connectivity index (χ3v) is 9.10. The molecule has 1 N–H and O–H groups in total. The van der Waals surface area contributed by atoms with Crippen molar-refractivity contribution in [3.05, 3.63) is 106 Å². The Labute approximate surface area is 283 Å². The molecule has 18 heteroatoms. The van der Waals surface area contributed by atoms with Crippen LogP contribution in [0.15, 0.2) is 89.0 Å². The highest BCUT2D eigenvalue weighted by Gasteiger charge is 2.38. The van der Waals surface area contributed by atoms with Gasteiger partial charge in [-0.15, -0.1) is 5.01 Å². The van der Waals surface area contributed by atoms with Crippen LogP contribution in [0.5, 0.6) is 0 Å². The average Bonchev–Trinajstić information content (AvgIpc) is 3.61. The Morgan fingerprint density at radius 1 is 1.02 bits per heavy atom. The van der Waals surface area contributed by atoms with Gasteiger partial charge in [-0.1, -0.05) is 55.8 Å². The number of aryl methyl sites for hydroxylation is 1. The normalized spacial score (nSPS) is 14.2. The van der Waals surface area contributed by atoms with E-state index in [4.69, 9.17) is 4.84 Å². The Bertz CT molecular complexity index is 2050. The van der Waals surface area contributed by atoms with E-state index in [1.807, 2.05) is 11.6 Å². The summed E-state index contributed by atoms with van der Waals surface area (Å²) in [6.45, 7) is 4.21. The fourth-order valence-electron chi connectivity index (χ4n) is 5.22. The number of likely N-dealkylation sites (N-methyl/N-ethyl adjacent to an activating group) is 1. The van der Waals surface area contributed by atoms with Crippen molar-refractivity contribution in [2.45, 2.75) is 37.9 Å². The summed E-state index contributed by atoms with van der Waals surface area (Å²) >= 11 is 0. The van der Waals surface area contributed by atoms with Crippen LogP contribution in [0.3, 0.4) is 0 Å². The van der Waals surface area contributed by atoms with Crippen LogP contribution in [0.25, 0.3) is 16.9 Å². The molecular weight excluding hydrogens is 683 g/mol. The lowest BCUT2D eigenvalue weighted by molar-refractivity contribution is -0.711. The SMILES string of the molecule is Cc1ccc(-c2cc(C(F)(F)F)nn2-c2ccc(S(=O)(=O)NC(=O)[C@H](C(C)C)N(C)/[N+]([O-])=N/OCN3C(=O)c4ccccc4C3=O)cc2)cc1. The summed E-state index contributed by atoms with van der Waals surface area (Å²) < 4.78 is 70.1. The minimum absolute atomic E-state index is 0.115. The summed E-state index contributed by atoms with van der Waals surface area (Å²) in [5.74, 6) is -3.05. The summed E-state index contributed by atoms with van der Waals surface area (Å²) in [6.07, 6.45) is -4.74. The number of hydrogen-bond donors (Lipinski definition) is 1. The van der Waals surface area contributed by atoms with Crippen molar-refractivity contribution in [3.63, 3.8) is 0 Å². The molecule has 0 radical (unpaired) electrons. The van der Waals surface area contributed by atoms with Crippen LogP contribution in [0.2, 0.25) is 0 Å². The first-order valence-electron chi connectivity index (χ1n) is 14.9. The standard InChI is InChI=1S/C32H30F3N7O7S/c1-19(2)28(39(4)42(46)38-49-18-40-30(44)24-7-5-6-8-25(24)31(40)45)29(43)37-50(47,48)23-15-13-22(14-16-23)41-26(17-27(36-41)32(33,34)35)21-11-9-20(3)10-12-21/h5-17,19,28H,18H2,1-4H3,(H,37,43)/b42-38-/t28-/m0/s1. The molecule has 262 valence electrons. The number of rotatable bonds is 11. The number of nitrogens with one attached hydrogen (secondary N) is 1. The van der Waals surface area contributed by atoms with Crippen molar-refractivity contribution in [3.8, 4) is 16.9 Å². The van der Waals surface area contributed by atoms with E-state index in [0.717, 1.165) is 45.4 Å². The molecule has 0 fully saturated rings. The Hall–Kier alpha value is -5.78. The van der Waals surface area contributed by atoms with Crippen LogP contribution in [-0.2, 0) is 25.8 Å². The van der Waals surface area contributed by atoms with E-state index in [1.165, 1.54) is 24.3 Å². The molecule has 14 nitrogen and oxygen atoms in total. The highest BCUT2D eigenvalue weighted by Crippen LogP contribution is 2.33. The molecule has 0 saturated heterocycles. The number of alkyl halides is 3. The molecule has 5 rings (SSSR count). The minimum Gasteiger partial charge on any atom is -0.569 e. The molecule has 1 atom stereocenters. The van der Waals surface area contributed by atoms with Gasteiger partial charge >= 0.3 is 6.18 Å². The zero-order valence-electron chi connectivity index (χ0n) is 27.0. The van der Waals surface area contributed by atoms with Gasteiger partial charge in [0.2, 0.25) is 12.0 Å². The van der Waals surface area contributed by atoms with E-state index < -0.39 is 63.2 Å². The van der Waals surface area contributed by atoms with Crippen LogP contribution in [0, 0.1) is 18.0 Å². The number of aromatic nitrogens is 2. The zero-order chi connectivity index (χ0) is 36.5. The van der Waals surface area contributed by atoms with Gasteiger partial charge in [-0.05, 0) is 55.3 Å². The number of amides is 3. The van der Waals surface area contributed by atoms with Crippen molar-refractivity contribution < 1.29 is 45.8 Å². The molecule has 1 aliphatic heterocycles. The quantitative estimate of drug-likeness (QED) is 0.100. The van der Waals surface area contributed by atoms with E-state index in [0.29, 0.717) is 5.56 Å². The van der Waals surface area contributed by atoms with Gasteiger partial charge in [-0.25, -0.2) is 22.7 Å². The van der Waals surface area contributed by atoms with Gasteiger partial charge in [-0.2, -0.15) is 18.3 Å². The number of fused-ring (bicyclic) bond motifs is 1. The van der Waals surface area contributed by atoms with Crippen molar-refractivity contribution in [1.82, 2.24) is 24.4 Å². The maximum atomic E-state index is 13.6. The predicted octanol–water partition coefficient (Wildman–Crippen LogP) is 4.69. The van der Waals surface area contributed by atoms with Gasteiger partial charge in [-0.3, -0.25) is 14.4 Å². The summed E-state index contributed by atoms with van der Waals surface area (Å²) in [5.41, 5.74) is 0.745. The van der Waals surface area contributed by atoms with Gasteiger partial charge < -0.3 is 10.0 Å². The molecule has 3 amide bonds. The van der Waals surface area contributed by atoms with Gasteiger partial charge in [0.25, 0.3) is 27.7 Å². The van der Waals surface area contributed by atoms with E-state index in [-0.39, 0.29) is 27.5 Å². The summed E-state index contributed by atoms with van der Waals surface area (Å²) in [4.78, 5) is 43.3. The molecule has 0 unspecified atom stereocenters. The Morgan fingerprint density at radius 3 is 2.14 bits per heavy atom. The van der Waals surface area contributed by atoms with Crippen LogP contribution in [-0.4, -0.2) is 70.6 Å². The van der Waals surface area contributed by atoms with Gasteiger partial charge in [0, 0.05) is 5.56 Å². The van der Waals surface area contributed by atoms with E-state index in [9.17, 15) is 41.2 Å². The number of carbonyl (C=O) groups is 3. The topological polar surface area (TPSA) is 169 Å². The number of benzene rings is 3. The van der Waals surface area contributed by atoms with E-state index >= 15 is 0 Å². The molecule has 1 aromatic heterocycles. The lowest BCUT2D eigenvalue weighted by Crippen LogP contribution is -2.51. The van der Waals surface area contributed by atoms with Crippen LogP contribution in [0.4, 0.5) is 13.2 Å². The monoisotopic (exact) mass is 713 g/mol. The number of carbonyl (C=O) groups excluding carboxylic acids is 3. The smallest absolute Gasteiger partial charge is 0.435 e. The maximum absolute atomic E-state index is 13.6. The average molecular weight is 714 g/mol. The first-order valence-corrected chi connectivity index (χ1v) is 16.4. The second-order valence-electron chi connectivity index (χ2n) is 11.6. The number of hydrogen-bond acceptors (Lipinski definition) is 9. The third kappa shape index (κ3) is 7.14. The van der Waals surface area contributed by atoms with E-state index in [2.05, 4.69) is 10.4 Å². The second kappa shape index (κ2) is 13.6. The molecule has 0 spiro atoms. The predicted molar refractivity (Wildman–Crippen MR) is 169 cm³/mol. The first-order chi connectivity index (χ1) is 23.5. The molecule has 0 aliphatic carbocycles.